The van der Waals surface area contributed by atoms with Gasteiger partial charge in [-0.3, -0.25) is 8.97 Å². The Labute approximate surface area is 335 Å². The molecule has 0 aliphatic rings. The maximum Gasteiger partial charge on any atom is 0.220 e. The SMILES string of the molecule is c1ccc(-c2nc(-c3ccccc3)nc(-c3ccc(-c4ccc5nc6n(-c7c(-c8ccccc8)cccc7-c7ccccc7)c7ccccc7n6c5c4)cc3)n2)cc1. The lowest BCUT2D eigenvalue weighted by molar-refractivity contribution is 1.07. The number of imidazole rings is 2. The molecule has 0 fully saturated rings. The van der Waals surface area contributed by atoms with Gasteiger partial charge in [-0.1, -0.05) is 182 Å². The molecule has 272 valence electrons. The number of para-hydroxylation sites is 3. The minimum Gasteiger partial charge on any atom is -0.277 e. The van der Waals surface area contributed by atoms with Crippen LogP contribution in [0.3, 0.4) is 0 Å². The first-order valence-corrected chi connectivity index (χ1v) is 19.4. The van der Waals surface area contributed by atoms with E-state index in [0.717, 1.165) is 83.6 Å². The zero-order chi connectivity index (χ0) is 38.4. The van der Waals surface area contributed by atoms with Gasteiger partial charge in [0.2, 0.25) is 5.78 Å². The van der Waals surface area contributed by atoms with E-state index in [2.05, 4.69) is 155 Å². The molecule has 0 N–H and O–H groups in total. The molecule has 58 heavy (non-hydrogen) atoms. The van der Waals surface area contributed by atoms with Crippen molar-refractivity contribution >= 4 is 27.8 Å². The van der Waals surface area contributed by atoms with E-state index in [0.29, 0.717) is 17.5 Å². The average Bonchev–Trinajstić information content (AvgIpc) is 3.84. The lowest BCUT2D eigenvalue weighted by Crippen LogP contribution is -2.01. The van der Waals surface area contributed by atoms with Crippen LogP contribution in [0, 0.1) is 0 Å². The summed E-state index contributed by atoms with van der Waals surface area (Å²) in [4.78, 5) is 20.1. The van der Waals surface area contributed by atoms with Gasteiger partial charge in [0, 0.05) is 27.8 Å². The molecular weight excluding hydrogens is 709 g/mol. The minimum absolute atomic E-state index is 0.630. The molecule has 11 rings (SSSR count). The van der Waals surface area contributed by atoms with Crippen molar-refractivity contribution in [2.75, 3.05) is 0 Å². The Kier molecular flexibility index (Phi) is 8.04. The second-order valence-corrected chi connectivity index (χ2v) is 14.3. The molecule has 11 aromatic rings. The van der Waals surface area contributed by atoms with Crippen LogP contribution in [0.15, 0.2) is 206 Å². The molecule has 0 atom stereocenters. The van der Waals surface area contributed by atoms with Crippen LogP contribution >= 0.6 is 0 Å². The van der Waals surface area contributed by atoms with Crippen molar-refractivity contribution in [2.45, 2.75) is 0 Å². The molecule has 8 aromatic carbocycles. The fourth-order valence-corrected chi connectivity index (χ4v) is 8.04. The van der Waals surface area contributed by atoms with Gasteiger partial charge < -0.3 is 0 Å². The van der Waals surface area contributed by atoms with Crippen LogP contribution < -0.4 is 0 Å². The van der Waals surface area contributed by atoms with Gasteiger partial charge >= 0.3 is 0 Å². The zero-order valence-corrected chi connectivity index (χ0v) is 31.3. The highest BCUT2D eigenvalue weighted by Crippen LogP contribution is 2.40. The van der Waals surface area contributed by atoms with Gasteiger partial charge in [0.25, 0.3) is 0 Å². The van der Waals surface area contributed by atoms with Crippen LogP contribution in [0.25, 0.3) is 101 Å². The molecule has 0 aliphatic carbocycles. The zero-order valence-electron chi connectivity index (χ0n) is 31.3. The summed E-state index contributed by atoms with van der Waals surface area (Å²) in [6.45, 7) is 0. The van der Waals surface area contributed by atoms with Crippen molar-refractivity contribution in [2.24, 2.45) is 0 Å². The third-order valence-corrected chi connectivity index (χ3v) is 10.8. The average molecular weight is 743 g/mol. The Balaban J connectivity index is 1.05. The monoisotopic (exact) mass is 742 g/mol. The quantitative estimate of drug-likeness (QED) is 0.163. The molecule has 0 spiro atoms. The van der Waals surface area contributed by atoms with Gasteiger partial charge in [-0.05, 0) is 46.5 Å². The number of hydrogen-bond acceptors (Lipinski definition) is 4. The largest absolute Gasteiger partial charge is 0.277 e. The molecule has 0 saturated heterocycles. The van der Waals surface area contributed by atoms with Gasteiger partial charge in [0.15, 0.2) is 17.5 Å². The molecule has 0 radical (unpaired) electrons. The summed E-state index contributed by atoms with van der Waals surface area (Å²) >= 11 is 0. The van der Waals surface area contributed by atoms with E-state index in [1.165, 1.54) is 0 Å². The molecule has 0 unspecified atom stereocenters. The maximum atomic E-state index is 5.36. The Morgan fingerprint density at radius 1 is 0.293 bits per heavy atom. The van der Waals surface area contributed by atoms with Crippen LogP contribution in [0.2, 0.25) is 0 Å². The van der Waals surface area contributed by atoms with Gasteiger partial charge in [-0.25, -0.2) is 19.9 Å². The summed E-state index contributed by atoms with van der Waals surface area (Å²) in [6.07, 6.45) is 0. The first-order valence-electron chi connectivity index (χ1n) is 19.4. The topological polar surface area (TPSA) is 60.9 Å². The molecule has 0 aliphatic heterocycles. The van der Waals surface area contributed by atoms with E-state index in [1.54, 1.807) is 0 Å². The molecule has 0 amide bonds. The predicted octanol–water partition coefficient (Wildman–Crippen LogP) is 12.6. The molecular formula is C52H34N6. The second kappa shape index (κ2) is 14.0. The van der Waals surface area contributed by atoms with Gasteiger partial charge in [0.1, 0.15) is 0 Å². The fraction of sp³-hybridized carbons (Fsp3) is 0. The van der Waals surface area contributed by atoms with E-state index in [9.17, 15) is 0 Å². The van der Waals surface area contributed by atoms with Gasteiger partial charge in [-0.2, -0.15) is 0 Å². The van der Waals surface area contributed by atoms with Crippen molar-refractivity contribution < 1.29 is 0 Å². The van der Waals surface area contributed by atoms with E-state index >= 15 is 0 Å². The maximum absolute atomic E-state index is 5.36. The summed E-state index contributed by atoms with van der Waals surface area (Å²) in [5.74, 6) is 2.78. The first kappa shape index (κ1) is 33.4. The highest BCUT2D eigenvalue weighted by Gasteiger charge is 2.23. The highest BCUT2D eigenvalue weighted by molar-refractivity contribution is 5.97. The van der Waals surface area contributed by atoms with Crippen LogP contribution in [-0.2, 0) is 0 Å². The third-order valence-electron chi connectivity index (χ3n) is 10.8. The summed E-state index contributed by atoms with van der Waals surface area (Å²) in [5.41, 5.74) is 14.8. The minimum atomic E-state index is 0.630. The summed E-state index contributed by atoms with van der Waals surface area (Å²) in [6, 6.07) is 71.6. The van der Waals surface area contributed by atoms with Crippen LogP contribution in [0.5, 0.6) is 0 Å². The fourth-order valence-electron chi connectivity index (χ4n) is 8.04. The molecule has 6 nitrogen and oxygen atoms in total. The number of nitrogens with zero attached hydrogens (tertiary/aromatic N) is 6. The molecule has 3 heterocycles. The number of aromatic nitrogens is 6. The molecule has 0 bridgehead atoms. The van der Waals surface area contributed by atoms with Crippen molar-refractivity contribution in [3.8, 4) is 73.2 Å². The lowest BCUT2D eigenvalue weighted by atomic mass is 9.95. The normalized spacial score (nSPS) is 11.4. The van der Waals surface area contributed by atoms with Crippen molar-refractivity contribution in [1.82, 2.24) is 28.9 Å². The van der Waals surface area contributed by atoms with Crippen LogP contribution in [-0.4, -0.2) is 28.9 Å². The summed E-state index contributed by atoms with van der Waals surface area (Å²) in [5, 5.41) is 0. The van der Waals surface area contributed by atoms with Crippen molar-refractivity contribution in [3.05, 3.63) is 206 Å². The smallest absolute Gasteiger partial charge is 0.220 e. The van der Waals surface area contributed by atoms with E-state index in [4.69, 9.17) is 19.9 Å². The Bertz CT molecular complexity index is 3130. The van der Waals surface area contributed by atoms with Crippen LogP contribution in [0.4, 0.5) is 0 Å². The van der Waals surface area contributed by atoms with E-state index in [1.807, 2.05) is 60.7 Å². The molecule has 3 aromatic heterocycles. The second-order valence-electron chi connectivity index (χ2n) is 14.3. The summed E-state index contributed by atoms with van der Waals surface area (Å²) < 4.78 is 4.65. The number of rotatable bonds is 7. The van der Waals surface area contributed by atoms with Gasteiger partial charge in [-0.15, -0.1) is 0 Å². The number of hydrogen-bond donors (Lipinski definition) is 0. The van der Waals surface area contributed by atoms with E-state index < -0.39 is 0 Å². The Morgan fingerprint density at radius 3 is 1.26 bits per heavy atom. The number of benzene rings is 8. The molecule has 0 saturated carbocycles. The van der Waals surface area contributed by atoms with E-state index in [-0.39, 0.29) is 0 Å². The lowest BCUT2D eigenvalue weighted by Gasteiger charge is -2.17. The van der Waals surface area contributed by atoms with Gasteiger partial charge in [0.05, 0.1) is 27.8 Å². The Morgan fingerprint density at radius 2 is 0.724 bits per heavy atom. The first-order chi connectivity index (χ1) is 28.8. The summed E-state index contributed by atoms with van der Waals surface area (Å²) in [7, 11) is 0. The standard InChI is InChI=1S/C52H34N6/c1-5-16-36(17-6-1)42-24-15-25-43(37-18-7-2-8-19-37)48(42)58-46-27-14-13-26-45(46)57-47-34-41(32-33-44(47)53-52(57)58)35-28-30-40(31-29-35)51-55-49(38-20-9-3-10-21-38)54-50(56-51)39-22-11-4-12-23-39/h1-34H. The predicted molar refractivity (Wildman–Crippen MR) is 236 cm³/mol. The Hall–Kier alpha value is -7.96. The molecule has 6 heteroatoms. The van der Waals surface area contributed by atoms with Crippen LogP contribution in [0.1, 0.15) is 0 Å². The highest BCUT2D eigenvalue weighted by atomic mass is 15.2. The van der Waals surface area contributed by atoms with Crippen molar-refractivity contribution in [1.29, 1.82) is 0 Å². The third kappa shape index (κ3) is 5.74. The van der Waals surface area contributed by atoms with Crippen molar-refractivity contribution in [3.63, 3.8) is 0 Å². The number of fused-ring (bicyclic) bond motifs is 5.